The first-order valence-corrected chi connectivity index (χ1v) is 10.3. The fourth-order valence-corrected chi connectivity index (χ4v) is 7.03. The molecule has 0 radical (unpaired) electrons. The van der Waals surface area contributed by atoms with Gasteiger partial charge in [-0.3, -0.25) is 9.69 Å². The fourth-order valence-electron chi connectivity index (χ4n) is 3.12. The van der Waals surface area contributed by atoms with E-state index in [0.717, 1.165) is 19.8 Å². The van der Waals surface area contributed by atoms with Gasteiger partial charge in [0.15, 0.2) is 0 Å². The zero-order valence-electron chi connectivity index (χ0n) is 13.1. The van der Waals surface area contributed by atoms with Gasteiger partial charge in [0.1, 0.15) is 8.24 Å². The molecule has 1 fully saturated rings. The highest BCUT2D eigenvalue weighted by atomic mass is 28.3. The Labute approximate surface area is 119 Å². The summed E-state index contributed by atoms with van der Waals surface area (Å²) in [6.45, 7) is 13.6. The number of nitrogens with zero attached hydrogens (tertiary/aromatic N) is 2. The lowest BCUT2D eigenvalue weighted by atomic mass is 10.4. The van der Waals surface area contributed by atoms with E-state index in [0.29, 0.717) is 13.0 Å². The smallest absolute Gasteiger partial charge is 0.307 e. The van der Waals surface area contributed by atoms with Crippen molar-refractivity contribution in [3.63, 3.8) is 0 Å². The molecule has 4 nitrogen and oxygen atoms in total. The van der Waals surface area contributed by atoms with Crippen molar-refractivity contribution in [1.82, 2.24) is 9.47 Å². The summed E-state index contributed by atoms with van der Waals surface area (Å²) in [6, 6.07) is 4.02. The quantitative estimate of drug-likeness (QED) is 0.507. The van der Waals surface area contributed by atoms with Crippen molar-refractivity contribution in [2.24, 2.45) is 0 Å². The Morgan fingerprint density at radius 2 is 1.74 bits per heavy atom. The molecule has 1 saturated heterocycles. The minimum absolute atomic E-state index is 0.0640. The van der Waals surface area contributed by atoms with Crippen molar-refractivity contribution in [2.45, 2.75) is 52.2 Å². The maximum Gasteiger partial charge on any atom is 0.307 e. The number of hydrogen-bond acceptors (Lipinski definition) is 4. The first kappa shape index (κ1) is 16.7. The average molecular weight is 286 g/mol. The molecule has 0 N–H and O–H groups in total. The van der Waals surface area contributed by atoms with Crippen LogP contribution in [0.3, 0.4) is 0 Å². The van der Waals surface area contributed by atoms with E-state index in [4.69, 9.17) is 4.74 Å². The van der Waals surface area contributed by atoms with Gasteiger partial charge >= 0.3 is 5.97 Å². The zero-order valence-corrected chi connectivity index (χ0v) is 14.1. The monoisotopic (exact) mass is 286 g/mol. The Hall–Kier alpha value is -0.393. The van der Waals surface area contributed by atoms with Crippen LogP contribution in [-0.4, -0.2) is 56.6 Å². The molecule has 0 spiro atoms. The molecule has 5 heteroatoms. The predicted molar refractivity (Wildman–Crippen MR) is 81.6 cm³/mol. The number of ether oxygens (including phenoxy) is 1. The molecule has 1 rings (SSSR count). The van der Waals surface area contributed by atoms with Gasteiger partial charge in [0.2, 0.25) is 0 Å². The number of carbonyl (C=O) groups excluding carboxylic acids is 1. The molecule has 0 amide bonds. The van der Waals surface area contributed by atoms with Gasteiger partial charge in [0.25, 0.3) is 0 Å². The second kappa shape index (κ2) is 8.02. The van der Waals surface area contributed by atoms with Crippen LogP contribution in [0.25, 0.3) is 0 Å². The maximum atomic E-state index is 11.4. The van der Waals surface area contributed by atoms with Crippen molar-refractivity contribution in [3.05, 3.63) is 0 Å². The lowest BCUT2D eigenvalue weighted by molar-refractivity contribution is -0.143. The summed E-state index contributed by atoms with van der Waals surface area (Å²) >= 11 is 0. The van der Waals surface area contributed by atoms with Gasteiger partial charge in [-0.2, -0.15) is 0 Å². The van der Waals surface area contributed by atoms with Gasteiger partial charge in [-0.15, -0.1) is 0 Å². The lowest BCUT2D eigenvalue weighted by Gasteiger charge is -2.38. The molecule has 0 aromatic heterocycles. The molecule has 1 aliphatic rings. The van der Waals surface area contributed by atoms with Crippen molar-refractivity contribution >= 4 is 14.2 Å². The second-order valence-electron chi connectivity index (χ2n) is 5.36. The first-order valence-electron chi connectivity index (χ1n) is 7.74. The van der Waals surface area contributed by atoms with Crippen LogP contribution < -0.4 is 0 Å². The standard InChI is InChI=1S/C14H30N2O2Si/c1-5-18-14(17)9-10-15-11-12-16(13-15)19(6-2,7-3)8-4/h5-13H2,1-4H3. The highest BCUT2D eigenvalue weighted by molar-refractivity contribution is 6.77. The molecule has 1 heterocycles. The van der Waals surface area contributed by atoms with Crippen LogP contribution in [0.4, 0.5) is 0 Å². The van der Waals surface area contributed by atoms with Gasteiger partial charge in [-0.1, -0.05) is 20.8 Å². The zero-order chi connectivity index (χ0) is 14.3. The van der Waals surface area contributed by atoms with Crippen molar-refractivity contribution in [2.75, 3.05) is 32.9 Å². The molecule has 0 bridgehead atoms. The summed E-state index contributed by atoms with van der Waals surface area (Å²) in [6.07, 6.45) is 0.528. The number of carbonyl (C=O) groups is 1. The van der Waals surface area contributed by atoms with Gasteiger partial charge in [0.05, 0.1) is 13.0 Å². The van der Waals surface area contributed by atoms with E-state index in [1.165, 1.54) is 24.7 Å². The van der Waals surface area contributed by atoms with E-state index in [9.17, 15) is 4.79 Å². The third-order valence-corrected chi connectivity index (χ3v) is 10.3. The minimum Gasteiger partial charge on any atom is -0.466 e. The van der Waals surface area contributed by atoms with E-state index >= 15 is 0 Å². The molecule has 0 saturated carbocycles. The Balaban J connectivity index is 2.42. The van der Waals surface area contributed by atoms with Crippen molar-refractivity contribution in [1.29, 1.82) is 0 Å². The maximum absolute atomic E-state index is 11.4. The summed E-state index contributed by atoms with van der Waals surface area (Å²) in [5, 5.41) is 0. The van der Waals surface area contributed by atoms with Crippen LogP contribution in [0.1, 0.15) is 34.1 Å². The van der Waals surface area contributed by atoms with Crippen molar-refractivity contribution < 1.29 is 9.53 Å². The minimum atomic E-state index is -1.22. The van der Waals surface area contributed by atoms with E-state index in [1.54, 1.807) is 0 Å². The molecule has 0 aliphatic carbocycles. The van der Waals surface area contributed by atoms with Gasteiger partial charge in [0, 0.05) is 26.3 Å². The summed E-state index contributed by atoms with van der Waals surface area (Å²) < 4.78 is 7.72. The van der Waals surface area contributed by atoms with E-state index in [-0.39, 0.29) is 5.97 Å². The van der Waals surface area contributed by atoms with Crippen LogP contribution >= 0.6 is 0 Å². The highest BCUT2D eigenvalue weighted by Gasteiger charge is 2.37. The molecular formula is C14H30N2O2Si. The van der Waals surface area contributed by atoms with Crippen LogP contribution in [0.5, 0.6) is 0 Å². The first-order chi connectivity index (χ1) is 9.11. The molecular weight excluding hydrogens is 256 g/mol. The Bertz CT molecular complexity index is 274. The van der Waals surface area contributed by atoms with Crippen molar-refractivity contribution in [3.8, 4) is 0 Å². The third-order valence-electron chi connectivity index (χ3n) is 4.64. The van der Waals surface area contributed by atoms with Gasteiger partial charge < -0.3 is 9.30 Å². The lowest BCUT2D eigenvalue weighted by Crippen LogP contribution is -2.51. The molecule has 0 atom stereocenters. The molecule has 19 heavy (non-hydrogen) atoms. The highest BCUT2D eigenvalue weighted by Crippen LogP contribution is 2.27. The summed E-state index contributed by atoms with van der Waals surface area (Å²) in [5.41, 5.74) is 0. The summed E-state index contributed by atoms with van der Waals surface area (Å²) in [4.78, 5) is 13.8. The number of hydrogen-bond donors (Lipinski definition) is 0. The normalized spacial score (nSPS) is 17.9. The summed E-state index contributed by atoms with van der Waals surface area (Å²) in [5.74, 6) is -0.0640. The van der Waals surface area contributed by atoms with Crippen LogP contribution in [0, 0.1) is 0 Å². The molecule has 0 unspecified atom stereocenters. The number of esters is 1. The summed E-state index contributed by atoms with van der Waals surface area (Å²) in [7, 11) is -1.22. The second-order valence-corrected chi connectivity index (χ2v) is 10.6. The average Bonchev–Trinajstić information content (AvgIpc) is 2.89. The molecule has 1 aliphatic heterocycles. The van der Waals surface area contributed by atoms with E-state index in [1.807, 2.05) is 6.92 Å². The van der Waals surface area contributed by atoms with Crippen LogP contribution in [0.2, 0.25) is 18.1 Å². The largest absolute Gasteiger partial charge is 0.466 e. The number of rotatable bonds is 8. The third kappa shape index (κ3) is 4.29. The topological polar surface area (TPSA) is 32.8 Å². The Morgan fingerprint density at radius 3 is 2.26 bits per heavy atom. The van der Waals surface area contributed by atoms with Crippen LogP contribution in [-0.2, 0) is 9.53 Å². The van der Waals surface area contributed by atoms with E-state index < -0.39 is 8.24 Å². The molecule has 0 aromatic rings. The SMILES string of the molecule is CCOC(=O)CCN1CCN([Si](CC)(CC)CC)C1. The van der Waals surface area contributed by atoms with Crippen LogP contribution in [0.15, 0.2) is 0 Å². The Kier molecular flexibility index (Phi) is 7.03. The molecule has 112 valence electrons. The fraction of sp³-hybridized carbons (Fsp3) is 0.929. The Morgan fingerprint density at radius 1 is 1.11 bits per heavy atom. The predicted octanol–water partition coefficient (Wildman–Crippen LogP) is 2.52. The van der Waals surface area contributed by atoms with Gasteiger partial charge in [-0.25, -0.2) is 0 Å². The van der Waals surface area contributed by atoms with Gasteiger partial charge in [-0.05, 0) is 25.1 Å². The van der Waals surface area contributed by atoms with E-state index in [2.05, 4.69) is 30.2 Å². The molecule has 0 aromatic carbocycles.